The number of rotatable bonds is 0. The fourth-order valence-corrected chi connectivity index (χ4v) is 2.84. The molecule has 1 aliphatic carbocycles. The van der Waals surface area contributed by atoms with Crippen molar-refractivity contribution in [3.63, 3.8) is 0 Å². The van der Waals surface area contributed by atoms with Crippen LogP contribution in [0.5, 0.6) is 0 Å². The van der Waals surface area contributed by atoms with Crippen LogP contribution in [0.25, 0.3) is 0 Å². The number of alkyl halides is 1. The SMILES string of the molecule is CC1CCC(C)CC(C)(Cl)C1. The Kier molecular flexibility index (Phi) is 2.85. The van der Waals surface area contributed by atoms with Gasteiger partial charge in [-0.1, -0.05) is 26.7 Å². The van der Waals surface area contributed by atoms with Crippen molar-refractivity contribution in [1.82, 2.24) is 0 Å². The molecule has 0 saturated heterocycles. The molecule has 1 fully saturated rings. The minimum Gasteiger partial charge on any atom is -0.120 e. The fourth-order valence-electron chi connectivity index (χ4n) is 2.31. The molecular formula is C10H19Cl. The van der Waals surface area contributed by atoms with E-state index in [0.717, 1.165) is 11.8 Å². The quantitative estimate of drug-likeness (QED) is 0.387. The minimum atomic E-state index is 0.0787. The van der Waals surface area contributed by atoms with Gasteiger partial charge in [-0.3, -0.25) is 0 Å². The van der Waals surface area contributed by atoms with E-state index >= 15 is 0 Å². The molecule has 0 aliphatic heterocycles. The van der Waals surface area contributed by atoms with Crippen LogP contribution >= 0.6 is 11.6 Å². The van der Waals surface area contributed by atoms with E-state index in [2.05, 4.69) is 20.8 Å². The lowest BCUT2D eigenvalue weighted by atomic mass is 9.94. The molecule has 2 unspecified atom stereocenters. The van der Waals surface area contributed by atoms with Crippen molar-refractivity contribution in [2.45, 2.75) is 51.3 Å². The van der Waals surface area contributed by atoms with Crippen molar-refractivity contribution in [3.8, 4) is 0 Å². The molecule has 0 radical (unpaired) electrons. The maximum absolute atomic E-state index is 6.37. The lowest BCUT2D eigenvalue weighted by molar-refractivity contribution is 0.436. The predicted molar refractivity (Wildman–Crippen MR) is 51.1 cm³/mol. The molecule has 1 saturated carbocycles. The first-order valence-electron chi connectivity index (χ1n) is 4.68. The van der Waals surface area contributed by atoms with Gasteiger partial charge in [0.15, 0.2) is 0 Å². The Hall–Kier alpha value is 0.290. The van der Waals surface area contributed by atoms with Crippen LogP contribution in [0.2, 0.25) is 0 Å². The van der Waals surface area contributed by atoms with E-state index in [-0.39, 0.29) is 4.87 Å². The predicted octanol–water partition coefficient (Wildman–Crippen LogP) is 3.83. The van der Waals surface area contributed by atoms with Crippen molar-refractivity contribution in [1.29, 1.82) is 0 Å². The molecule has 0 aromatic rings. The highest BCUT2D eigenvalue weighted by atomic mass is 35.5. The summed E-state index contributed by atoms with van der Waals surface area (Å²) in [4.78, 5) is 0.0787. The van der Waals surface area contributed by atoms with Gasteiger partial charge in [0, 0.05) is 4.87 Å². The monoisotopic (exact) mass is 174 g/mol. The Morgan fingerprint density at radius 2 is 1.45 bits per heavy atom. The first-order chi connectivity index (χ1) is 4.99. The Morgan fingerprint density at radius 3 is 1.82 bits per heavy atom. The van der Waals surface area contributed by atoms with Crippen LogP contribution in [-0.4, -0.2) is 4.87 Å². The van der Waals surface area contributed by atoms with Crippen molar-refractivity contribution in [2.24, 2.45) is 11.8 Å². The highest BCUT2D eigenvalue weighted by molar-refractivity contribution is 6.23. The highest BCUT2D eigenvalue weighted by Crippen LogP contribution is 2.37. The molecule has 1 aliphatic rings. The van der Waals surface area contributed by atoms with E-state index in [0.29, 0.717) is 0 Å². The van der Waals surface area contributed by atoms with Gasteiger partial charge >= 0.3 is 0 Å². The van der Waals surface area contributed by atoms with Gasteiger partial charge in [-0.05, 0) is 31.6 Å². The summed E-state index contributed by atoms with van der Waals surface area (Å²) in [5, 5.41) is 0. The van der Waals surface area contributed by atoms with Gasteiger partial charge in [0.1, 0.15) is 0 Å². The summed E-state index contributed by atoms with van der Waals surface area (Å²) in [6, 6.07) is 0. The molecule has 0 nitrogen and oxygen atoms in total. The van der Waals surface area contributed by atoms with E-state index in [4.69, 9.17) is 11.6 Å². The Bertz CT molecular complexity index is 115. The highest BCUT2D eigenvalue weighted by Gasteiger charge is 2.29. The molecule has 0 spiro atoms. The molecule has 11 heavy (non-hydrogen) atoms. The summed E-state index contributed by atoms with van der Waals surface area (Å²) >= 11 is 6.37. The van der Waals surface area contributed by atoms with Gasteiger partial charge in [-0.2, -0.15) is 0 Å². The standard InChI is InChI=1S/C10H19Cl/c1-8-4-5-9(2)7-10(3,11)6-8/h8-9H,4-7H2,1-3H3. The first-order valence-corrected chi connectivity index (χ1v) is 5.06. The third-order valence-electron chi connectivity index (χ3n) is 2.70. The smallest absolute Gasteiger partial charge is 0.0423 e. The molecule has 0 aromatic carbocycles. The van der Waals surface area contributed by atoms with Crippen LogP contribution in [0, 0.1) is 11.8 Å². The number of hydrogen-bond acceptors (Lipinski definition) is 0. The molecule has 2 atom stereocenters. The van der Waals surface area contributed by atoms with Gasteiger partial charge in [-0.15, -0.1) is 11.6 Å². The molecule has 0 heterocycles. The van der Waals surface area contributed by atoms with Crippen molar-refractivity contribution < 1.29 is 0 Å². The molecular weight excluding hydrogens is 156 g/mol. The normalized spacial score (nSPS) is 46.9. The number of halogens is 1. The van der Waals surface area contributed by atoms with Crippen LogP contribution in [0.1, 0.15) is 46.5 Å². The van der Waals surface area contributed by atoms with E-state index in [9.17, 15) is 0 Å². The van der Waals surface area contributed by atoms with Gasteiger partial charge in [0.05, 0.1) is 0 Å². The lowest BCUT2D eigenvalue weighted by Gasteiger charge is -2.23. The average Bonchev–Trinajstić information content (AvgIpc) is 1.89. The molecule has 0 amide bonds. The Morgan fingerprint density at radius 1 is 1.09 bits per heavy atom. The molecule has 66 valence electrons. The van der Waals surface area contributed by atoms with Crippen LogP contribution in [0.3, 0.4) is 0 Å². The summed E-state index contributed by atoms with van der Waals surface area (Å²) in [5.41, 5.74) is 0. The van der Waals surface area contributed by atoms with E-state index in [1.165, 1.54) is 25.7 Å². The third-order valence-corrected chi connectivity index (χ3v) is 3.01. The van der Waals surface area contributed by atoms with E-state index in [1.807, 2.05) is 0 Å². The summed E-state index contributed by atoms with van der Waals surface area (Å²) in [5.74, 6) is 1.64. The molecule has 0 bridgehead atoms. The van der Waals surface area contributed by atoms with Crippen LogP contribution in [0.4, 0.5) is 0 Å². The van der Waals surface area contributed by atoms with Gasteiger partial charge in [0.25, 0.3) is 0 Å². The Balaban J connectivity index is 2.55. The molecule has 1 rings (SSSR count). The van der Waals surface area contributed by atoms with Crippen molar-refractivity contribution in [2.75, 3.05) is 0 Å². The second-order valence-corrected chi connectivity index (χ2v) is 5.52. The molecule has 0 aromatic heterocycles. The van der Waals surface area contributed by atoms with Crippen molar-refractivity contribution in [3.05, 3.63) is 0 Å². The van der Waals surface area contributed by atoms with Gasteiger partial charge in [0.2, 0.25) is 0 Å². The zero-order valence-electron chi connectivity index (χ0n) is 7.86. The largest absolute Gasteiger partial charge is 0.120 e. The zero-order chi connectivity index (χ0) is 8.48. The zero-order valence-corrected chi connectivity index (χ0v) is 8.62. The first kappa shape index (κ1) is 9.38. The van der Waals surface area contributed by atoms with Crippen LogP contribution in [0.15, 0.2) is 0 Å². The van der Waals surface area contributed by atoms with Gasteiger partial charge < -0.3 is 0 Å². The van der Waals surface area contributed by atoms with Crippen LogP contribution in [-0.2, 0) is 0 Å². The molecule has 0 N–H and O–H groups in total. The average molecular weight is 175 g/mol. The van der Waals surface area contributed by atoms with Crippen molar-refractivity contribution >= 4 is 11.6 Å². The third kappa shape index (κ3) is 3.02. The summed E-state index contributed by atoms with van der Waals surface area (Å²) < 4.78 is 0. The van der Waals surface area contributed by atoms with E-state index in [1.54, 1.807) is 0 Å². The molecule has 1 heteroatoms. The topological polar surface area (TPSA) is 0 Å². The van der Waals surface area contributed by atoms with Gasteiger partial charge in [-0.25, -0.2) is 0 Å². The maximum Gasteiger partial charge on any atom is 0.0423 e. The minimum absolute atomic E-state index is 0.0787. The maximum atomic E-state index is 6.37. The Labute approximate surface area is 75.3 Å². The second kappa shape index (κ2) is 3.35. The summed E-state index contributed by atoms with van der Waals surface area (Å²) in [7, 11) is 0. The fraction of sp³-hybridized carbons (Fsp3) is 1.00. The summed E-state index contributed by atoms with van der Waals surface area (Å²) in [6.07, 6.45) is 5.12. The summed E-state index contributed by atoms with van der Waals surface area (Å²) in [6.45, 7) is 6.82. The number of hydrogen-bond donors (Lipinski definition) is 0. The second-order valence-electron chi connectivity index (χ2n) is 4.61. The van der Waals surface area contributed by atoms with Crippen LogP contribution < -0.4 is 0 Å². The lowest BCUT2D eigenvalue weighted by Crippen LogP contribution is -2.19. The van der Waals surface area contributed by atoms with E-state index < -0.39 is 0 Å².